The van der Waals surface area contributed by atoms with Gasteiger partial charge in [0.1, 0.15) is 5.82 Å². The summed E-state index contributed by atoms with van der Waals surface area (Å²) in [5.41, 5.74) is 1.17. The van der Waals surface area contributed by atoms with E-state index >= 15 is 0 Å². The molecule has 0 radical (unpaired) electrons. The van der Waals surface area contributed by atoms with Crippen LogP contribution in [0.25, 0.3) is 0 Å². The van der Waals surface area contributed by atoms with Crippen molar-refractivity contribution in [3.8, 4) is 0 Å². The minimum absolute atomic E-state index is 0.117. The van der Waals surface area contributed by atoms with Gasteiger partial charge < -0.3 is 10.6 Å². The number of unbranched alkanes of at least 4 members (excludes halogenated alkanes) is 2. The first-order valence-corrected chi connectivity index (χ1v) is 7.99. The van der Waals surface area contributed by atoms with Gasteiger partial charge >= 0.3 is 0 Å². The molecule has 0 spiro atoms. The molecule has 5 heteroatoms. The van der Waals surface area contributed by atoms with Crippen molar-refractivity contribution in [2.24, 2.45) is 0 Å². The van der Waals surface area contributed by atoms with Crippen molar-refractivity contribution < 1.29 is 4.79 Å². The number of carbonyl (C=O) groups is 1. The Morgan fingerprint density at radius 2 is 1.95 bits per heavy atom. The SMILES string of the molecule is CCCCCNC(=O)c1nc(C(C)C)ncc1NCCC. The fraction of sp³-hybridized carbons (Fsp3) is 0.688. The Morgan fingerprint density at radius 1 is 1.19 bits per heavy atom. The normalized spacial score (nSPS) is 10.7. The Kier molecular flexibility index (Phi) is 7.72. The molecule has 0 aliphatic carbocycles. The van der Waals surface area contributed by atoms with E-state index < -0.39 is 0 Å². The van der Waals surface area contributed by atoms with E-state index in [1.54, 1.807) is 6.20 Å². The summed E-state index contributed by atoms with van der Waals surface area (Å²) in [7, 11) is 0. The highest BCUT2D eigenvalue weighted by atomic mass is 16.1. The molecule has 2 N–H and O–H groups in total. The van der Waals surface area contributed by atoms with Gasteiger partial charge in [0.15, 0.2) is 5.69 Å². The first kappa shape index (κ1) is 17.4. The molecule has 118 valence electrons. The highest BCUT2D eigenvalue weighted by Crippen LogP contribution is 2.16. The molecule has 0 fully saturated rings. The molecule has 1 heterocycles. The lowest BCUT2D eigenvalue weighted by molar-refractivity contribution is 0.0948. The first-order chi connectivity index (χ1) is 10.1. The number of nitrogens with one attached hydrogen (secondary N) is 2. The summed E-state index contributed by atoms with van der Waals surface area (Å²) in [6.07, 6.45) is 5.98. The molecule has 1 aromatic heterocycles. The second kappa shape index (κ2) is 9.32. The molecule has 0 saturated carbocycles. The molecule has 1 rings (SSSR count). The molecular formula is C16H28N4O. The number of anilines is 1. The number of rotatable bonds is 9. The van der Waals surface area contributed by atoms with Gasteiger partial charge in [-0.3, -0.25) is 4.79 Å². The Bertz CT molecular complexity index is 446. The minimum atomic E-state index is -0.117. The summed E-state index contributed by atoms with van der Waals surface area (Å²) < 4.78 is 0. The summed E-state index contributed by atoms with van der Waals surface area (Å²) in [6.45, 7) is 9.78. The summed E-state index contributed by atoms with van der Waals surface area (Å²) in [5, 5.41) is 6.17. The third-order valence-electron chi connectivity index (χ3n) is 3.17. The van der Waals surface area contributed by atoms with Gasteiger partial charge in [-0.25, -0.2) is 9.97 Å². The van der Waals surface area contributed by atoms with E-state index in [4.69, 9.17) is 0 Å². The topological polar surface area (TPSA) is 66.9 Å². The van der Waals surface area contributed by atoms with Gasteiger partial charge in [-0.05, 0) is 12.8 Å². The lowest BCUT2D eigenvalue weighted by Crippen LogP contribution is -2.27. The van der Waals surface area contributed by atoms with Crippen molar-refractivity contribution in [1.29, 1.82) is 0 Å². The van der Waals surface area contributed by atoms with Crippen LogP contribution in [0, 0.1) is 0 Å². The van der Waals surface area contributed by atoms with Gasteiger partial charge in [0.25, 0.3) is 5.91 Å². The number of nitrogens with zero attached hydrogens (tertiary/aromatic N) is 2. The molecule has 0 atom stereocenters. The van der Waals surface area contributed by atoms with Crippen LogP contribution in [-0.4, -0.2) is 29.0 Å². The number of hydrogen-bond acceptors (Lipinski definition) is 4. The molecule has 0 saturated heterocycles. The maximum Gasteiger partial charge on any atom is 0.272 e. The Labute approximate surface area is 128 Å². The fourth-order valence-electron chi connectivity index (χ4n) is 1.90. The van der Waals surface area contributed by atoms with Gasteiger partial charge in [0.2, 0.25) is 0 Å². The molecule has 0 aliphatic heterocycles. The molecule has 5 nitrogen and oxygen atoms in total. The van der Waals surface area contributed by atoms with E-state index in [-0.39, 0.29) is 11.8 Å². The van der Waals surface area contributed by atoms with Gasteiger partial charge in [0.05, 0.1) is 11.9 Å². The maximum atomic E-state index is 12.3. The van der Waals surface area contributed by atoms with E-state index in [0.717, 1.165) is 32.2 Å². The molecule has 0 aliphatic rings. The van der Waals surface area contributed by atoms with Crippen molar-refractivity contribution in [2.75, 3.05) is 18.4 Å². The smallest absolute Gasteiger partial charge is 0.272 e. The van der Waals surface area contributed by atoms with E-state index in [9.17, 15) is 4.79 Å². The van der Waals surface area contributed by atoms with Crippen LogP contribution in [0.5, 0.6) is 0 Å². The molecular weight excluding hydrogens is 264 g/mol. The van der Waals surface area contributed by atoms with Gasteiger partial charge in [0, 0.05) is 19.0 Å². The van der Waals surface area contributed by atoms with Crippen molar-refractivity contribution in [3.63, 3.8) is 0 Å². The van der Waals surface area contributed by atoms with Crippen LogP contribution in [0.3, 0.4) is 0 Å². The average Bonchev–Trinajstić information content (AvgIpc) is 2.49. The lowest BCUT2D eigenvalue weighted by Gasteiger charge is -2.13. The summed E-state index contributed by atoms with van der Waals surface area (Å²) in [6, 6.07) is 0. The molecule has 1 aromatic rings. The zero-order chi connectivity index (χ0) is 15.7. The van der Waals surface area contributed by atoms with E-state index in [2.05, 4.69) is 34.4 Å². The quantitative estimate of drug-likeness (QED) is 0.685. The summed E-state index contributed by atoms with van der Waals surface area (Å²) in [5.74, 6) is 0.793. The average molecular weight is 292 g/mol. The maximum absolute atomic E-state index is 12.3. The summed E-state index contributed by atoms with van der Waals surface area (Å²) in [4.78, 5) is 21.1. The molecule has 0 unspecified atom stereocenters. The highest BCUT2D eigenvalue weighted by Gasteiger charge is 2.16. The second-order valence-electron chi connectivity index (χ2n) is 5.53. The predicted molar refractivity (Wildman–Crippen MR) is 86.8 cm³/mol. The van der Waals surface area contributed by atoms with Crippen molar-refractivity contribution in [2.45, 2.75) is 59.3 Å². The Balaban J connectivity index is 2.83. The standard InChI is InChI=1S/C16H28N4O/c1-5-7-8-10-18-16(21)14-13(17-9-6-2)11-19-15(20-14)12(3)4/h11-12,17H,5-10H2,1-4H3,(H,18,21). The zero-order valence-corrected chi connectivity index (χ0v) is 13.7. The van der Waals surface area contributed by atoms with Crippen LogP contribution in [0.1, 0.15) is 75.6 Å². The van der Waals surface area contributed by atoms with Gasteiger partial charge in [-0.15, -0.1) is 0 Å². The number of carbonyl (C=O) groups excluding carboxylic acids is 1. The van der Waals surface area contributed by atoms with E-state index in [1.165, 1.54) is 0 Å². The second-order valence-corrected chi connectivity index (χ2v) is 5.53. The van der Waals surface area contributed by atoms with Crippen molar-refractivity contribution in [1.82, 2.24) is 15.3 Å². The third-order valence-corrected chi connectivity index (χ3v) is 3.17. The molecule has 1 amide bonds. The van der Waals surface area contributed by atoms with Crippen LogP contribution in [-0.2, 0) is 0 Å². The van der Waals surface area contributed by atoms with Gasteiger partial charge in [-0.1, -0.05) is 40.5 Å². The molecule has 0 aromatic carbocycles. The number of amides is 1. The van der Waals surface area contributed by atoms with Crippen LogP contribution < -0.4 is 10.6 Å². The first-order valence-electron chi connectivity index (χ1n) is 7.99. The zero-order valence-electron chi connectivity index (χ0n) is 13.7. The van der Waals surface area contributed by atoms with Crippen LogP contribution >= 0.6 is 0 Å². The van der Waals surface area contributed by atoms with Crippen LogP contribution in [0.4, 0.5) is 5.69 Å². The Hall–Kier alpha value is -1.65. The number of hydrogen-bond donors (Lipinski definition) is 2. The van der Waals surface area contributed by atoms with Crippen molar-refractivity contribution in [3.05, 3.63) is 17.7 Å². The molecule has 0 bridgehead atoms. The minimum Gasteiger partial charge on any atom is -0.382 e. The third kappa shape index (κ3) is 5.69. The van der Waals surface area contributed by atoms with Crippen molar-refractivity contribution >= 4 is 11.6 Å². The van der Waals surface area contributed by atoms with E-state index in [1.807, 2.05) is 13.8 Å². The highest BCUT2D eigenvalue weighted by molar-refractivity contribution is 5.97. The summed E-state index contributed by atoms with van der Waals surface area (Å²) >= 11 is 0. The Morgan fingerprint density at radius 3 is 2.57 bits per heavy atom. The largest absolute Gasteiger partial charge is 0.382 e. The van der Waals surface area contributed by atoms with E-state index in [0.29, 0.717) is 23.8 Å². The number of aromatic nitrogens is 2. The fourth-order valence-corrected chi connectivity index (χ4v) is 1.90. The predicted octanol–water partition coefficient (Wildman–Crippen LogP) is 3.34. The van der Waals surface area contributed by atoms with Gasteiger partial charge in [-0.2, -0.15) is 0 Å². The lowest BCUT2D eigenvalue weighted by atomic mass is 10.2. The monoisotopic (exact) mass is 292 g/mol. The van der Waals surface area contributed by atoms with Crippen LogP contribution in [0.2, 0.25) is 0 Å². The van der Waals surface area contributed by atoms with Crippen LogP contribution in [0.15, 0.2) is 6.20 Å². The molecule has 21 heavy (non-hydrogen) atoms.